The average Bonchev–Trinajstić information content (AvgIpc) is 3.04. The number of nitrogens with one attached hydrogen (secondary N) is 1. The van der Waals surface area contributed by atoms with E-state index >= 15 is 0 Å². The fourth-order valence-corrected chi connectivity index (χ4v) is 2.17. The Morgan fingerprint density at radius 1 is 1.12 bits per heavy atom. The summed E-state index contributed by atoms with van der Waals surface area (Å²) in [5.74, 6) is -1.14. The molecular formula is C18H16BrNO6. The van der Waals surface area contributed by atoms with E-state index in [0.29, 0.717) is 21.7 Å². The number of hydrogen-bond donors (Lipinski definition) is 1. The number of carbonyl (C=O) groups is 3. The summed E-state index contributed by atoms with van der Waals surface area (Å²) in [6.07, 6.45) is 2.59. The molecule has 1 aromatic heterocycles. The minimum atomic E-state index is -0.676. The molecule has 7 nitrogen and oxygen atoms in total. The van der Waals surface area contributed by atoms with Crippen molar-refractivity contribution in [2.24, 2.45) is 0 Å². The third-order valence-corrected chi connectivity index (χ3v) is 3.43. The Bertz CT molecular complexity index is 809. The van der Waals surface area contributed by atoms with Crippen molar-refractivity contribution in [2.45, 2.75) is 6.92 Å². The first kappa shape index (κ1) is 19.5. The van der Waals surface area contributed by atoms with E-state index in [1.165, 1.54) is 18.2 Å². The molecule has 0 aliphatic heterocycles. The van der Waals surface area contributed by atoms with E-state index in [-0.39, 0.29) is 6.61 Å². The number of anilines is 1. The second kappa shape index (κ2) is 9.57. The smallest absolute Gasteiger partial charge is 0.338 e. The zero-order valence-corrected chi connectivity index (χ0v) is 15.4. The van der Waals surface area contributed by atoms with Crippen LogP contribution < -0.4 is 5.32 Å². The van der Waals surface area contributed by atoms with Crippen LogP contribution in [0.3, 0.4) is 0 Å². The minimum absolute atomic E-state index is 0.286. The number of furan rings is 1. The zero-order chi connectivity index (χ0) is 18.9. The molecule has 0 aliphatic carbocycles. The first-order valence-electron chi connectivity index (χ1n) is 7.65. The van der Waals surface area contributed by atoms with Crippen molar-refractivity contribution < 1.29 is 28.3 Å². The van der Waals surface area contributed by atoms with Crippen molar-refractivity contribution in [3.8, 4) is 0 Å². The van der Waals surface area contributed by atoms with Crippen LogP contribution in [0.4, 0.5) is 5.69 Å². The average molecular weight is 422 g/mol. The number of amides is 1. The number of ether oxygens (including phenoxy) is 2. The van der Waals surface area contributed by atoms with Crippen LogP contribution in [-0.4, -0.2) is 31.1 Å². The molecule has 1 N–H and O–H groups in total. The van der Waals surface area contributed by atoms with Crippen LogP contribution in [-0.2, 0) is 19.1 Å². The topological polar surface area (TPSA) is 94.8 Å². The maximum absolute atomic E-state index is 11.8. The van der Waals surface area contributed by atoms with Crippen molar-refractivity contribution in [2.75, 3.05) is 18.5 Å². The molecule has 0 atom stereocenters. The lowest BCUT2D eigenvalue weighted by atomic mass is 10.2. The Balaban J connectivity index is 1.78. The third-order valence-electron chi connectivity index (χ3n) is 3.00. The van der Waals surface area contributed by atoms with Crippen molar-refractivity contribution in [3.05, 3.63) is 58.5 Å². The molecule has 0 saturated heterocycles. The SMILES string of the molecule is CCOC(=O)c1ccc(NC(=O)COC(=O)/C=C/c2ccc(Br)o2)cc1. The van der Waals surface area contributed by atoms with Gasteiger partial charge in [0, 0.05) is 11.8 Å². The summed E-state index contributed by atoms with van der Waals surface area (Å²) in [5.41, 5.74) is 0.848. The van der Waals surface area contributed by atoms with Crippen molar-refractivity contribution in [1.29, 1.82) is 0 Å². The normalized spacial score (nSPS) is 10.5. The second-order valence-electron chi connectivity index (χ2n) is 4.93. The van der Waals surface area contributed by atoms with E-state index in [1.807, 2.05) is 0 Å². The molecule has 0 bridgehead atoms. The van der Waals surface area contributed by atoms with E-state index in [4.69, 9.17) is 13.9 Å². The number of halogens is 1. The molecule has 0 unspecified atom stereocenters. The molecule has 2 rings (SSSR count). The van der Waals surface area contributed by atoms with Gasteiger partial charge in [0.1, 0.15) is 5.76 Å². The van der Waals surface area contributed by atoms with Crippen molar-refractivity contribution in [3.63, 3.8) is 0 Å². The summed E-state index contributed by atoms with van der Waals surface area (Å²) in [5, 5.41) is 2.56. The van der Waals surface area contributed by atoms with Crippen LogP contribution in [0.5, 0.6) is 0 Å². The summed E-state index contributed by atoms with van der Waals surface area (Å²) in [7, 11) is 0. The Labute approximate surface area is 158 Å². The van der Waals surface area contributed by atoms with Crippen LogP contribution in [0.2, 0.25) is 0 Å². The van der Waals surface area contributed by atoms with E-state index in [2.05, 4.69) is 21.2 Å². The molecule has 1 heterocycles. The van der Waals surface area contributed by atoms with Crippen LogP contribution in [0, 0.1) is 0 Å². The molecule has 0 aliphatic rings. The summed E-state index contributed by atoms with van der Waals surface area (Å²) in [6.45, 7) is 1.56. The highest BCUT2D eigenvalue weighted by Crippen LogP contribution is 2.15. The number of esters is 2. The van der Waals surface area contributed by atoms with Gasteiger partial charge in [-0.1, -0.05) is 0 Å². The van der Waals surface area contributed by atoms with Crippen LogP contribution in [0.1, 0.15) is 23.0 Å². The monoisotopic (exact) mass is 421 g/mol. The van der Waals surface area contributed by atoms with Gasteiger partial charge >= 0.3 is 11.9 Å². The lowest BCUT2D eigenvalue weighted by molar-refractivity contribution is -0.142. The molecule has 2 aromatic rings. The molecule has 0 fully saturated rings. The lowest BCUT2D eigenvalue weighted by Crippen LogP contribution is -2.20. The number of rotatable bonds is 7. The standard InChI is InChI=1S/C18H16BrNO6/c1-2-24-18(23)12-3-5-13(6-4-12)20-16(21)11-25-17(22)10-8-14-7-9-15(19)26-14/h3-10H,2,11H2,1H3,(H,20,21)/b10-8+. The highest BCUT2D eigenvalue weighted by atomic mass is 79.9. The predicted molar refractivity (Wildman–Crippen MR) is 97.4 cm³/mol. The summed E-state index contributed by atoms with van der Waals surface area (Å²) in [4.78, 5) is 34.9. The summed E-state index contributed by atoms with van der Waals surface area (Å²) in [6, 6.07) is 9.53. The van der Waals surface area contributed by atoms with E-state index < -0.39 is 24.5 Å². The highest BCUT2D eigenvalue weighted by molar-refractivity contribution is 9.10. The van der Waals surface area contributed by atoms with Gasteiger partial charge in [0.15, 0.2) is 11.3 Å². The summed E-state index contributed by atoms with van der Waals surface area (Å²) < 4.78 is 15.4. The quantitative estimate of drug-likeness (QED) is 0.543. The Hall–Kier alpha value is -2.87. The van der Waals surface area contributed by atoms with Gasteiger partial charge < -0.3 is 19.2 Å². The molecule has 0 saturated carbocycles. The molecule has 136 valence electrons. The fraction of sp³-hybridized carbons (Fsp3) is 0.167. The Morgan fingerprint density at radius 3 is 2.46 bits per heavy atom. The number of carbonyl (C=O) groups excluding carboxylic acids is 3. The molecule has 8 heteroatoms. The Kier molecular flexibility index (Phi) is 7.16. The molecule has 26 heavy (non-hydrogen) atoms. The maximum atomic E-state index is 11.8. The van der Waals surface area contributed by atoms with Gasteiger partial charge in [-0.15, -0.1) is 0 Å². The van der Waals surface area contributed by atoms with Crippen molar-refractivity contribution in [1.82, 2.24) is 0 Å². The van der Waals surface area contributed by atoms with Gasteiger partial charge in [-0.2, -0.15) is 0 Å². The van der Waals surface area contributed by atoms with E-state index in [1.54, 1.807) is 31.2 Å². The number of benzene rings is 1. The summed E-state index contributed by atoms with van der Waals surface area (Å²) >= 11 is 3.15. The zero-order valence-electron chi connectivity index (χ0n) is 13.9. The molecule has 1 amide bonds. The minimum Gasteiger partial charge on any atom is -0.462 e. The molecule has 1 aromatic carbocycles. The second-order valence-corrected chi connectivity index (χ2v) is 5.71. The van der Waals surface area contributed by atoms with Crippen LogP contribution in [0.25, 0.3) is 6.08 Å². The van der Waals surface area contributed by atoms with Gasteiger partial charge in [0.2, 0.25) is 0 Å². The van der Waals surface area contributed by atoms with E-state index in [0.717, 1.165) is 6.08 Å². The third kappa shape index (κ3) is 6.21. The van der Waals surface area contributed by atoms with Gasteiger partial charge in [-0.05, 0) is 65.3 Å². The molecule has 0 spiro atoms. The first-order chi connectivity index (χ1) is 12.5. The van der Waals surface area contributed by atoms with E-state index in [9.17, 15) is 14.4 Å². The first-order valence-corrected chi connectivity index (χ1v) is 8.44. The Morgan fingerprint density at radius 2 is 1.85 bits per heavy atom. The van der Waals surface area contributed by atoms with Gasteiger partial charge in [-0.3, -0.25) is 4.79 Å². The number of hydrogen-bond acceptors (Lipinski definition) is 6. The maximum Gasteiger partial charge on any atom is 0.338 e. The van der Waals surface area contributed by atoms with Crippen molar-refractivity contribution >= 4 is 45.5 Å². The van der Waals surface area contributed by atoms with Crippen LogP contribution >= 0.6 is 15.9 Å². The molecule has 0 radical (unpaired) electrons. The molecular weight excluding hydrogens is 406 g/mol. The van der Waals surface area contributed by atoms with Gasteiger partial charge in [0.05, 0.1) is 12.2 Å². The van der Waals surface area contributed by atoms with Crippen LogP contribution in [0.15, 0.2) is 51.6 Å². The van der Waals surface area contributed by atoms with Gasteiger partial charge in [0.25, 0.3) is 5.91 Å². The lowest BCUT2D eigenvalue weighted by Gasteiger charge is -2.06. The predicted octanol–water partition coefficient (Wildman–Crippen LogP) is 3.41. The highest BCUT2D eigenvalue weighted by Gasteiger charge is 2.08. The van der Waals surface area contributed by atoms with Gasteiger partial charge in [-0.25, -0.2) is 9.59 Å². The largest absolute Gasteiger partial charge is 0.462 e. The fourth-order valence-electron chi connectivity index (χ4n) is 1.85.